The van der Waals surface area contributed by atoms with Crippen LogP contribution in [0.2, 0.25) is 5.15 Å². The van der Waals surface area contributed by atoms with Gasteiger partial charge < -0.3 is 5.32 Å². The summed E-state index contributed by atoms with van der Waals surface area (Å²) in [7, 11) is 0. The van der Waals surface area contributed by atoms with Crippen LogP contribution in [0.25, 0.3) is 0 Å². The Morgan fingerprint density at radius 2 is 2.17 bits per heavy atom. The lowest BCUT2D eigenvalue weighted by atomic mass is 10.0. The number of carbonyl (C=O) groups excluding carboxylic acids is 1. The molecule has 1 saturated heterocycles. The summed E-state index contributed by atoms with van der Waals surface area (Å²) in [6, 6.07) is 0. The number of nitrogens with one attached hydrogen (secondary N) is 1. The average molecular weight is 286 g/mol. The summed E-state index contributed by atoms with van der Waals surface area (Å²) in [6.45, 7) is 2.61. The van der Waals surface area contributed by atoms with Crippen molar-refractivity contribution >= 4 is 35.5 Å². The Balaban J connectivity index is 2.05. The highest BCUT2D eigenvalue weighted by Crippen LogP contribution is 2.24. The van der Waals surface area contributed by atoms with Crippen molar-refractivity contribution in [2.75, 3.05) is 23.4 Å². The number of halogens is 1. The second-order valence-corrected chi connectivity index (χ2v) is 5.96. The zero-order valence-corrected chi connectivity index (χ0v) is 11.9. The molecular formula is C12H16ClN3OS. The van der Waals surface area contributed by atoms with Crippen LogP contribution in [0.15, 0.2) is 0 Å². The molecule has 0 aromatic carbocycles. The van der Waals surface area contributed by atoms with E-state index >= 15 is 0 Å². The van der Waals surface area contributed by atoms with Crippen molar-refractivity contribution in [3.05, 3.63) is 16.5 Å². The molecular weight excluding hydrogens is 270 g/mol. The molecule has 0 bridgehead atoms. The van der Waals surface area contributed by atoms with E-state index in [9.17, 15) is 4.79 Å². The third-order valence-electron chi connectivity index (χ3n) is 3.03. The van der Waals surface area contributed by atoms with Crippen LogP contribution >= 0.6 is 23.4 Å². The number of hydrogen-bond acceptors (Lipinski definition) is 5. The number of thioether (sulfide) groups is 1. The van der Waals surface area contributed by atoms with E-state index in [-0.39, 0.29) is 5.15 Å². The van der Waals surface area contributed by atoms with Crippen LogP contribution in [-0.2, 0) is 0 Å². The van der Waals surface area contributed by atoms with Gasteiger partial charge in [0.05, 0.1) is 5.56 Å². The van der Waals surface area contributed by atoms with Crippen LogP contribution in [0, 0.1) is 12.8 Å². The second kappa shape index (κ2) is 6.38. The number of aryl methyl sites for hydroxylation is 1. The predicted octanol–water partition coefficient (Wildman–Crippen LogP) is 2.81. The lowest BCUT2D eigenvalue weighted by molar-refractivity contribution is 0.112. The van der Waals surface area contributed by atoms with Crippen molar-refractivity contribution in [1.82, 2.24) is 9.97 Å². The molecule has 2 heterocycles. The Labute approximate surface area is 116 Å². The van der Waals surface area contributed by atoms with Crippen molar-refractivity contribution < 1.29 is 4.79 Å². The van der Waals surface area contributed by atoms with Gasteiger partial charge in [-0.1, -0.05) is 11.6 Å². The first-order valence-electron chi connectivity index (χ1n) is 6.01. The van der Waals surface area contributed by atoms with Gasteiger partial charge in [0.1, 0.15) is 16.8 Å². The standard InChI is InChI=1S/C12H16ClN3OS/c1-8-15-11(13)10(7-17)12(16-8)14-6-9-2-4-18-5-3-9/h7,9H,2-6H2,1H3,(H,14,15,16). The molecule has 1 aromatic heterocycles. The lowest BCUT2D eigenvalue weighted by Crippen LogP contribution is -2.20. The normalized spacial score (nSPS) is 16.6. The van der Waals surface area contributed by atoms with E-state index in [1.165, 1.54) is 24.3 Å². The molecule has 0 radical (unpaired) electrons. The summed E-state index contributed by atoms with van der Waals surface area (Å²) < 4.78 is 0. The van der Waals surface area contributed by atoms with E-state index in [0.717, 1.165) is 6.54 Å². The summed E-state index contributed by atoms with van der Waals surface area (Å²) in [5.41, 5.74) is 0.354. The minimum Gasteiger partial charge on any atom is -0.369 e. The van der Waals surface area contributed by atoms with E-state index in [0.29, 0.717) is 29.4 Å². The lowest BCUT2D eigenvalue weighted by Gasteiger charge is -2.22. The Bertz CT molecular complexity index is 436. The topological polar surface area (TPSA) is 54.9 Å². The Kier molecular flexibility index (Phi) is 4.83. The molecule has 1 N–H and O–H groups in total. The SMILES string of the molecule is Cc1nc(Cl)c(C=O)c(NCC2CCSCC2)n1. The summed E-state index contributed by atoms with van der Waals surface area (Å²) in [4.78, 5) is 19.2. The summed E-state index contributed by atoms with van der Waals surface area (Å²) in [6.07, 6.45) is 3.14. The molecule has 1 aliphatic rings. The molecule has 1 fully saturated rings. The van der Waals surface area contributed by atoms with Gasteiger partial charge in [0.25, 0.3) is 0 Å². The third kappa shape index (κ3) is 3.36. The van der Waals surface area contributed by atoms with Gasteiger partial charge in [-0.25, -0.2) is 9.97 Å². The number of carbonyl (C=O) groups is 1. The number of aldehydes is 1. The number of anilines is 1. The number of nitrogens with zero attached hydrogens (tertiary/aromatic N) is 2. The zero-order chi connectivity index (χ0) is 13.0. The maximum Gasteiger partial charge on any atom is 0.156 e. The maximum atomic E-state index is 11.0. The Morgan fingerprint density at radius 1 is 1.44 bits per heavy atom. The molecule has 0 atom stereocenters. The molecule has 1 aliphatic heterocycles. The van der Waals surface area contributed by atoms with Gasteiger partial charge in [0.2, 0.25) is 0 Å². The quantitative estimate of drug-likeness (QED) is 0.681. The first kappa shape index (κ1) is 13.6. The van der Waals surface area contributed by atoms with Crippen LogP contribution in [0.3, 0.4) is 0 Å². The van der Waals surface area contributed by atoms with Crippen molar-refractivity contribution in [1.29, 1.82) is 0 Å². The number of hydrogen-bond donors (Lipinski definition) is 1. The first-order chi connectivity index (χ1) is 8.70. The van der Waals surface area contributed by atoms with Gasteiger partial charge in [0, 0.05) is 6.54 Å². The van der Waals surface area contributed by atoms with Gasteiger partial charge in [-0.3, -0.25) is 4.79 Å². The highest BCUT2D eigenvalue weighted by molar-refractivity contribution is 7.99. The van der Waals surface area contributed by atoms with Gasteiger partial charge in [-0.15, -0.1) is 0 Å². The largest absolute Gasteiger partial charge is 0.369 e. The number of aromatic nitrogens is 2. The van der Waals surface area contributed by atoms with E-state index in [2.05, 4.69) is 15.3 Å². The first-order valence-corrected chi connectivity index (χ1v) is 7.55. The van der Waals surface area contributed by atoms with Crippen LogP contribution < -0.4 is 5.32 Å². The third-order valence-corrected chi connectivity index (χ3v) is 4.36. The van der Waals surface area contributed by atoms with Crippen LogP contribution in [0.1, 0.15) is 29.0 Å². The van der Waals surface area contributed by atoms with Gasteiger partial charge in [-0.2, -0.15) is 11.8 Å². The van der Waals surface area contributed by atoms with Crippen molar-refractivity contribution in [3.63, 3.8) is 0 Å². The highest BCUT2D eigenvalue weighted by atomic mass is 35.5. The maximum absolute atomic E-state index is 11.0. The molecule has 0 aliphatic carbocycles. The van der Waals surface area contributed by atoms with E-state index < -0.39 is 0 Å². The fourth-order valence-corrected chi connectivity index (χ4v) is 3.44. The molecule has 18 heavy (non-hydrogen) atoms. The molecule has 2 rings (SSSR count). The minimum absolute atomic E-state index is 0.221. The smallest absolute Gasteiger partial charge is 0.156 e. The van der Waals surface area contributed by atoms with Crippen LogP contribution in [-0.4, -0.2) is 34.3 Å². The number of rotatable bonds is 4. The highest BCUT2D eigenvalue weighted by Gasteiger charge is 2.16. The van der Waals surface area contributed by atoms with E-state index in [4.69, 9.17) is 11.6 Å². The van der Waals surface area contributed by atoms with Crippen LogP contribution in [0.4, 0.5) is 5.82 Å². The molecule has 0 saturated carbocycles. The molecule has 98 valence electrons. The molecule has 1 aromatic rings. The Morgan fingerprint density at radius 3 is 2.83 bits per heavy atom. The fourth-order valence-electron chi connectivity index (χ4n) is 1.98. The van der Waals surface area contributed by atoms with Crippen molar-refractivity contribution in [3.8, 4) is 0 Å². The fraction of sp³-hybridized carbons (Fsp3) is 0.583. The average Bonchev–Trinajstić information content (AvgIpc) is 2.37. The molecule has 4 nitrogen and oxygen atoms in total. The Hall–Kier alpha value is -0.810. The van der Waals surface area contributed by atoms with E-state index in [1.54, 1.807) is 6.92 Å². The van der Waals surface area contributed by atoms with Crippen molar-refractivity contribution in [2.45, 2.75) is 19.8 Å². The monoisotopic (exact) mass is 285 g/mol. The van der Waals surface area contributed by atoms with Gasteiger partial charge in [0.15, 0.2) is 6.29 Å². The molecule has 6 heteroatoms. The van der Waals surface area contributed by atoms with Crippen LogP contribution in [0.5, 0.6) is 0 Å². The summed E-state index contributed by atoms with van der Waals surface area (Å²) in [5.74, 6) is 4.22. The molecule has 0 spiro atoms. The second-order valence-electron chi connectivity index (χ2n) is 4.38. The van der Waals surface area contributed by atoms with Gasteiger partial charge in [-0.05, 0) is 37.2 Å². The van der Waals surface area contributed by atoms with Gasteiger partial charge >= 0.3 is 0 Å². The minimum atomic E-state index is 0.221. The zero-order valence-electron chi connectivity index (χ0n) is 10.3. The summed E-state index contributed by atoms with van der Waals surface area (Å²) >= 11 is 7.93. The molecule has 0 amide bonds. The van der Waals surface area contributed by atoms with E-state index in [1.807, 2.05) is 11.8 Å². The predicted molar refractivity (Wildman–Crippen MR) is 75.7 cm³/mol. The summed E-state index contributed by atoms with van der Waals surface area (Å²) in [5, 5.41) is 3.46. The molecule has 0 unspecified atom stereocenters. The van der Waals surface area contributed by atoms with Crippen molar-refractivity contribution in [2.24, 2.45) is 5.92 Å².